The summed E-state index contributed by atoms with van der Waals surface area (Å²) >= 11 is 0. The summed E-state index contributed by atoms with van der Waals surface area (Å²) in [5.74, 6) is -0.700. The Morgan fingerprint density at radius 2 is 1.77 bits per heavy atom. The highest BCUT2D eigenvalue weighted by atomic mass is 19.1. The number of para-hydroxylation sites is 1. The van der Waals surface area contributed by atoms with Gasteiger partial charge in [0.05, 0.1) is 0 Å². The number of amides is 1. The smallest absolute Gasteiger partial charge is 0.291 e. The van der Waals surface area contributed by atoms with Crippen molar-refractivity contribution >= 4 is 22.6 Å². The number of nitrogens with one attached hydrogen (secondary N) is 1. The minimum Gasteiger partial charge on any atom is -0.448 e. The molecule has 0 aliphatic rings. The van der Waals surface area contributed by atoms with E-state index < -0.39 is 5.82 Å². The SMILES string of the molecule is Cc1cccc(NC(=O)c2oc3c(F)cccc3c2C)c1C. The summed E-state index contributed by atoms with van der Waals surface area (Å²) in [5, 5.41) is 3.45. The molecule has 1 amide bonds. The van der Waals surface area contributed by atoms with E-state index in [1.54, 1.807) is 19.1 Å². The lowest BCUT2D eigenvalue weighted by molar-refractivity contribution is 0.0997. The lowest BCUT2D eigenvalue weighted by Crippen LogP contribution is -2.13. The van der Waals surface area contributed by atoms with Gasteiger partial charge in [0.15, 0.2) is 17.2 Å². The summed E-state index contributed by atoms with van der Waals surface area (Å²) in [6.45, 7) is 5.67. The van der Waals surface area contributed by atoms with Crippen molar-refractivity contribution in [1.29, 1.82) is 0 Å². The van der Waals surface area contributed by atoms with Gasteiger partial charge >= 0.3 is 0 Å². The Kier molecular flexibility index (Phi) is 3.45. The van der Waals surface area contributed by atoms with E-state index in [1.165, 1.54) is 6.07 Å². The summed E-state index contributed by atoms with van der Waals surface area (Å²) in [4.78, 5) is 12.5. The van der Waals surface area contributed by atoms with E-state index in [-0.39, 0.29) is 17.3 Å². The number of anilines is 1. The summed E-state index contributed by atoms with van der Waals surface area (Å²) in [5.41, 5.74) is 3.56. The van der Waals surface area contributed by atoms with Crippen molar-refractivity contribution in [2.24, 2.45) is 0 Å². The number of aryl methyl sites for hydroxylation is 2. The van der Waals surface area contributed by atoms with Crippen LogP contribution in [0.5, 0.6) is 0 Å². The lowest BCUT2D eigenvalue weighted by Gasteiger charge is -2.09. The molecule has 0 bridgehead atoms. The number of carbonyl (C=O) groups excluding carboxylic acids is 1. The van der Waals surface area contributed by atoms with Crippen LogP contribution in [0.1, 0.15) is 27.2 Å². The Balaban J connectivity index is 2.01. The predicted molar refractivity (Wildman–Crippen MR) is 84.8 cm³/mol. The zero-order chi connectivity index (χ0) is 15.9. The van der Waals surface area contributed by atoms with Crippen molar-refractivity contribution in [3.63, 3.8) is 0 Å². The normalized spacial score (nSPS) is 10.9. The number of halogens is 1. The van der Waals surface area contributed by atoms with Gasteiger partial charge in [0, 0.05) is 16.6 Å². The van der Waals surface area contributed by atoms with Crippen molar-refractivity contribution in [2.75, 3.05) is 5.32 Å². The lowest BCUT2D eigenvalue weighted by atomic mass is 10.1. The molecule has 4 heteroatoms. The molecule has 2 aromatic carbocycles. The molecule has 0 aliphatic heterocycles. The number of carbonyl (C=O) groups is 1. The number of furan rings is 1. The zero-order valence-corrected chi connectivity index (χ0v) is 12.7. The van der Waals surface area contributed by atoms with E-state index in [0.717, 1.165) is 16.8 Å². The van der Waals surface area contributed by atoms with Crippen molar-refractivity contribution in [2.45, 2.75) is 20.8 Å². The molecule has 3 rings (SSSR count). The summed E-state index contributed by atoms with van der Waals surface area (Å²) in [6, 6.07) is 10.4. The van der Waals surface area contributed by atoms with E-state index in [1.807, 2.05) is 32.0 Å². The van der Waals surface area contributed by atoms with Crippen LogP contribution in [-0.2, 0) is 0 Å². The molecule has 0 fully saturated rings. The second-order valence-electron chi connectivity index (χ2n) is 5.37. The maximum atomic E-state index is 13.8. The first-order chi connectivity index (χ1) is 10.5. The van der Waals surface area contributed by atoms with Gasteiger partial charge in [0.1, 0.15) is 0 Å². The Morgan fingerprint density at radius 3 is 2.50 bits per heavy atom. The minimum absolute atomic E-state index is 0.117. The number of benzene rings is 2. The van der Waals surface area contributed by atoms with Gasteiger partial charge in [0.2, 0.25) is 0 Å². The first-order valence-corrected chi connectivity index (χ1v) is 7.04. The molecular weight excluding hydrogens is 281 g/mol. The van der Waals surface area contributed by atoms with Crippen LogP contribution in [0.15, 0.2) is 40.8 Å². The number of hydrogen-bond donors (Lipinski definition) is 1. The average molecular weight is 297 g/mol. The van der Waals surface area contributed by atoms with Gasteiger partial charge in [-0.25, -0.2) is 4.39 Å². The van der Waals surface area contributed by atoms with E-state index in [0.29, 0.717) is 10.9 Å². The molecule has 0 atom stereocenters. The van der Waals surface area contributed by atoms with Gasteiger partial charge in [-0.05, 0) is 44.0 Å². The van der Waals surface area contributed by atoms with Gasteiger partial charge in [-0.1, -0.05) is 24.3 Å². The topological polar surface area (TPSA) is 42.2 Å². The van der Waals surface area contributed by atoms with E-state index in [9.17, 15) is 9.18 Å². The maximum absolute atomic E-state index is 13.8. The second-order valence-corrected chi connectivity index (χ2v) is 5.37. The zero-order valence-electron chi connectivity index (χ0n) is 12.7. The summed E-state index contributed by atoms with van der Waals surface area (Å²) in [7, 11) is 0. The average Bonchev–Trinajstić information content (AvgIpc) is 2.83. The molecule has 3 nitrogen and oxygen atoms in total. The second kappa shape index (κ2) is 5.30. The molecule has 1 aromatic heterocycles. The Labute approximate surface area is 127 Å². The van der Waals surface area contributed by atoms with Crippen LogP contribution in [-0.4, -0.2) is 5.91 Å². The fraction of sp³-hybridized carbons (Fsp3) is 0.167. The third-order valence-electron chi connectivity index (χ3n) is 3.97. The third-order valence-corrected chi connectivity index (χ3v) is 3.97. The molecule has 112 valence electrons. The highest BCUT2D eigenvalue weighted by Gasteiger charge is 2.20. The molecule has 0 saturated heterocycles. The third kappa shape index (κ3) is 2.26. The van der Waals surface area contributed by atoms with Gasteiger partial charge < -0.3 is 9.73 Å². The molecule has 0 saturated carbocycles. The molecular formula is C18H16FNO2. The molecule has 0 radical (unpaired) electrons. The van der Waals surface area contributed by atoms with E-state index in [4.69, 9.17) is 4.42 Å². The first kappa shape index (κ1) is 14.3. The Hall–Kier alpha value is -2.62. The van der Waals surface area contributed by atoms with Crippen molar-refractivity contribution in [1.82, 2.24) is 0 Å². The molecule has 22 heavy (non-hydrogen) atoms. The molecule has 3 aromatic rings. The quantitative estimate of drug-likeness (QED) is 0.741. The Morgan fingerprint density at radius 1 is 1.05 bits per heavy atom. The van der Waals surface area contributed by atoms with Crippen molar-refractivity contribution in [3.8, 4) is 0 Å². The molecule has 1 N–H and O–H groups in total. The van der Waals surface area contributed by atoms with Crippen LogP contribution < -0.4 is 5.32 Å². The summed E-state index contributed by atoms with van der Waals surface area (Å²) in [6.07, 6.45) is 0. The first-order valence-electron chi connectivity index (χ1n) is 7.04. The number of hydrogen-bond acceptors (Lipinski definition) is 2. The van der Waals surface area contributed by atoms with Crippen LogP contribution in [0.2, 0.25) is 0 Å². The van der Waals surface area contributed by atoms with Gasteiger partial charge in [0.25, 0.3) is 5.91 Å². The minimum atomic E-state index is -0.466. The van der Waals surface area contributed by atoms with Gasteiger partial charge in [-0.3, -0.25) is 4.79 Å². The fourth-order valence-corrected chi connectivity index (χ4v) is 2.49. The molecule has 1 heterocycles. The van der Waals surface area contributed by atoms with Crippen LogP contribution in [0.25, 0.3) is 11.0 Å². The van der Waals surface area contributed by atoms with Crippen molar-refractivity contribution < 1.29 is 13.6 Å². The highest BCUT2D eigenvalue weighted by Crippen LogP contribution is 2.28. The van der Waals surface area contributed by atoms with Gasteiger partial charge in [-0.2, -0.15) is 0 Å². The monoisotopic (exact) mass is 297 g/mol. The van der Waals surface area contributed by atoms with Crippen LogP contribution in [0, 0.1) is 26.6 Å². The predicted octanol–water partition coefficient (Wildman–Crippen LogP) is 4.75. The molecule has 0 aliphatic carbocycles. The Bertz CT molecular complexity index is 880. The largest absolute Gasteiger partial charge is 0.448 e. The summed E-state index contributed by atoms with van der Waals surface area (Å²) < 4.78 is 19.2. The standard InChI is InChI=1S/C18H16FNO2/c1-10-6-4-9-15(11(10)2)20-18(21)16-12(3)13-7-5-8-14(19)17(13)22-16/h4-9H,1-3H3,(H,20,21). The highest BCUT2D eigenvalue weighted by molar-refractivity contribution is 6.06. The van der Waals surface area contributed by atoms with Crippen LogP contribution in [0.4, 0.5) is 10.1 Å². The number of fused-ring (bicyclic) bond motifs is 1. The fourth-order valence-electron chi connectivity index (χ4n) is 2.49. The van der Waals surface area contributed by atoms with E-state index >= 15 is 0 Å². The van der Waals surface area contributed by atoms with Crippen molar-refractivity contribution in [3.05, 3.63) is 64.7 Å². The van der Waals surface area contributed by atoms with E-state index in [2.05, 4.69) is 5.32 Å². The van der Waals surface area contributed by atoms with Crippen LogP contribution >= 0.6 is 0 Å². The van der Waals surface area contributed by atoms with Gasteiger partial charge in [-0.15, -0.1) is 0 Å². The molecule has 0 unspecified atom stereocenters. The number of rotatable bonds is 2. The maximum Gasteiger partial charge on any atom is 0.291 e. The van der Waals surface area contributed by atoms with Crippen LogP contribution in [0.3, 0.4) is 0 Å². The molecule has 0 spiro atoms.